The second-order valence-electron chi connectivity index (χ2n) is 4.45. The van der Waals surface area contributed by atoms with Crippen molar-refractivity contribution in [1.29, 1.82) is 0 Å². The Hall–Kier alpha value is -2.35. The van der Waals surface area contributed by atoms with E-state index < -0.39 is 0 Å². The Morgan fingerprint density at radius 2 is 1.77 bits per heavy atom. The molecule has 0 aliphatic rings. The minimum Gasteiger partial charge on any atom is -0.261 e. The first-order valence-electron chi connectivity index (χ1n) is 7.59. The fourth-order valence-corrected chi connectivity index (χ4v) is 1.66. The highest BCUT2D eigenvalue weighted by Gasteiger charge is 2.06. The van der Waals surface area contributed by atoms with Gasteiger partial charge in [-0.15, -0.1) is 0 Å². The third kappa shape index (κ3) is 8.75. The van der Waals surface area contributed by atoms with Crippen LogP contribution in [0.1, 0.15) is 27.2 Å². The van der Waals surface area contributed by atoms with E-state index in [1.165, 1.54) is 5.57 Å². The molecule has 2 nitrogen and oxygen atoms in total. The van der Waals surface area contributed by atoms with Crippen LogP contribution in [-0.2, 0) is 0 Å². The standard InChI is InChI=1S/C20H28N2/c1-6-11-15-19(13-8-3)18-22(21-17-10-5)20(14-9-4)16-12-7-2/h6-9,11-17H,2,4,10,18H2,1,3,5H3/b11-6-,13-8-,16-12-,19-15+,20-14+,21-17-. The third-order valence-electron chi connectivity index (χ3n) is 2.61. The van der Waals surface area contributed by atoms with E-state index in [0.29, 0.717) is 6.54 Å². The summed E-state index contributed by atoms with van der Waals surface area (Å²) in [6, 6.07) is 0. The molecule has 0 saturated carbocycles. The normalized spacial score (nSPS) is 13.8. The van der Waals surface area contributed by atoms with Gasteiger partial charge in [0, 0.05) is 6.21 Å². The van der Waals surface area contributed by atoms with E-state index in [-0.39, 0.29) is 0 Å². The smallest absolute Gasteiger partial charge is 0.0666 e. The van der Waals surface area contributed by atoms with Crippen LogP contribution in [0.5, 0.6) is 0 Å². The summed E-state index contributed by atoms with van der Waals surface area (Å²) >= 11 is 0. The first-order valence-corrected chi connectivity index (χ1v) is 7.59. The number of rotatable bonds is 10. The van der Waals surface area contributed by atoms with Gasteiger partial charge in [-0.2, -0.15) is 5.10 Å². The van der Waals surface area contributed by atoms with Crippen LogP contribution in [0.4, 0.5) is 0 Å². The lowest BCUT2D eigenvalue weighted by Gasteiger charge is -2.20. The van der Waals surface area contributed by atoms with Crippen molar-refractivity contribution in [2.45, 2.75) is 27.2 Å². The number of hydrogen-bond acceptors (Lipinski definition) is 2. The van der Waals surface area contributed by atoms with Crippen molar-refractivity contribution in [2.75, 3.05) is 6.54 Å². The predicted molar refractivity (Wildman–Crippen MR) is 101 cm³/mol. The van der Waals surface area contributed by atoms with Crippen molar-refractivity contribution in [2.24, 2.45) is 5.10 Å². The molecule has 0 rings (SSSR count). The van der Waals surface area contributed by atoms with E-state index in [1.54, 1.807) is 12.2 Å². The Bertz CT molecular complexity index is 500. The van der Waals surface area contributed by atoms with Crippen molar-refractivity contribution in [3.05, 3.63) is 85.2 Å². The Morgan fingerprint density at radius 1 is 1.00 bits per heavy atom. The highest BCUT2D eigenvalue weighted by Crippen LogP contribution is 2.12. The molecule has 0 saturated heterocycles. The van der Waals surface area contributed by atoms with Crippen molar-refractivity contribution in [3.8, 4) is 0 Å². The van der Waals surface area contributed by atoms with Gasteiger partial charge in [0.05, 0.1) is 12.2 Å². The molecule has 0 aliphatic carbocycles. The number of nitrogens with zero attached hydrogens (tertiary/aromatic N) is 2. The Balaban J connectivity index is 5.53. The van der Waals surface area contributed by atoms with E-state index in [9.17, 15) is 0 Å². The molecule has 0 radical (unpaired) electrons. The van der Waals surface area contributed by atoms with Gasteiger partial charge in [-0.05, 0) is 38.0 Å². The monoisotopic (exact) mass is 296 g/mol. The fourth-order valence-electron chi connectivity index (χ4n) is 1.66. The molecule has 0 amide bonds. The number of hydrazone groups is 1. The molecule has 2 heteroatoms. The third-order valence-corrected chi connectivity index (χ3v) is 2.61. The summed E-state index contributed by atoms with van der Waals surface area (Å²) in [4.78, 5) is 0. The highest BCUT2D eigenvalue weighted by atomic mass is 15.4. The molecule has 118 valence electrons. The summed E-state index contributed by atoms with van der Waals surface area (Å²) in [7, 11) is 0. The van der Waals surface area contributed by atoms with Crippen LogP contribution in [-0.4, -0.2) is 17.8 Å². The summed E-state index contributed by atoms with van der Waals surface area (Å²) in [5.41, 5.74) is 2.14. The lowest BCUT2D eigenvalue weighted by atomic mass is 10.2. The molecule has 0 N–H and O–H groups in total. The summed E-state index contributed by atoms with van der Waals surface area (Å²) < 4.78 is 0. The molecular weight excluding hydrogens is 268 g/mol. The molecule has 0 aliphatic heterocycles. The zero-order valence-corrected chi connectivity index (χ0v) is 14.1. The van der Waals surface area contributed by atoms with Crippen molar-refractivity contribution in [1.82, 2.24) is 5.01 Å². The van der Waals surface area contributed by atoms with Crippen LogP contribution in [0.15, 0.2) is 90.3 Å². The maximum absolute atomic E-state index is 4.55. The van der Waals surface area contributed by atoms with Crippen LogP contribution < -0.4 is 0 Å². The summed E-state index contributed by atoms with van der Waals surface area (Å²) in [5.74, 6) is 0. The van der Waals surface area contributed by atoms with E-state index in [4.69, 9.17) is 0 Å². The van der Waals surface area contributed by atoms with Gasteiger partial charge in [-0.1, -0.05) is 68.7 Å². The number of hydrogen-bond donors (Lipinski definition) is 0. The molecule has 0 spiro atoms. The maximum Gasteiger partial charge on any atom is 0.0666 e. The maximum atomic E-state index is 4.55. The molecule has 0 bridgehead atoms. The minimum absolute atomic E-state index is 0.687. The van der Waals surface area contributed by atoms with Crippen LogP contribution in [0.3, 0.4) is 0 Å². The molecule has 0 unspecified atom stereocenters. The Kier molecular flexibility index (Phi) is 12.2. The van der Waals surface area contributed by atoms with Gasteiger partial charge in [-0.3, -0.25) is 5.01 Å². The Labute approximate surface area is 135 Å². The van der Waals surface area contributed by atoms with Gasteiger partial charge >= 0.3 is 0 Å². The van der Waals surface area contributed by atoms with Gasteiger partial charge in [0.2, 0.25) is 0 Å². The van der Waals surface area contributed by atoms with Crippen LogP contribution in [0.2, 0.25) is 0 Å². The van der Waals surface area contributed by atoms with Gasteiger partial charge in [0.25, 0.3) is 0 Å². The number of allylic oxidation sites excluding steroid dienone is 9. The van der Waals surface area contributed by atoms with Crippen molar-refractivity contribution >= 4 is 6.21 Å². The van der Waals surface area contributed by atoms with Gasteiger partial charge in [0.15, 0.2) is 0 Å². The molecule has 0 aromatic heterocycles. The summed E-state index contributed by atoms with van der Waals surface area (Å²) in [6.45, 7) is 14.3. The van der Waals surface area contributed by atoms with Gasteiger partial charge in [-0.25, -0.2) is 0 Å². The minimum atomic E-state index is 0.687. The topological polar surface area (TPSA) is 15.6 Å². The molecule has 0 aromatic rings. The summed E-state index contributed by atoms with van der Waals surface area (Å²) in [6.07, 6.45) is 22.4. The van der Waals surface area contributed by atoms with Crippen LogP contribution in [0.25, 0.3) is 0 Å². The fraction of sp³-hybridized carbons (Fsp3) is 0.250. The molecule has 22 heavy (non-hydrogen) atoms. The van der Waals surface area contributed by atoms with Gasteiger partial charge < -0.3 is 0 Å². The molecule has 0 atom stereocenters. The lowest BCUT2D eigenvalue weighted by Crippen LogP contribution is -2.18. The largest absolute Gasteiger partial charge is 0.261 e. The quantitative estimate of drug-likeness (QED) is 0.292. The second kappa shape index (κ2) is 13.6. The van der Waals surface area contributed by atoms with E-state index >= 15 is 0 Å². The Morgan fingerprint density at radius 3 is 2.32 bits per heavy atom. The lowest BCUT2D eigenvalue weighted by molar-refractivity contribution is 0.412. The zero-order valence-electron chi connectivity index (χ0n) is 14.1. The molecule has 0 fully saturated rings. The molecule has 0 heterocycles. The average Bonchev–Trinajstić information content (AvgIpc) is 2.53. The zero-order chi connectivity index (χ0) is 16.6. The van der Waals surface area contributed by atoms with Crippen molar-refractivity contribution < 1.29 is 0 Å². The van der Waals surface area contributed by atoms with E-state index in [2.05, 4.69) is 37.3 Å². The van der Waals surface area contributed by atoms with E-state index in [1.807, 2.05) is 61.5 Å². The average molecular weight is 296 g/mol. The van der Waals surface area contributed by atoms with Crippen LogP contribution in [0, 0.1) is 0 Å². The summed E-state index contributed by atoms with van der Waals surface area (Å²) in [5, 5.41) is 6.51. The van der Waals surface area contributed by atoms with Crippen LogP contribution >= 0.6 is 0 Å². The highest BCUT2D eigenvalue weighted by molar-refractivity contribution is 5.56. The molecular formula is C20H28N2. The molecule has 0 aromatic carbocycles. The van der Waals surface area contributed by atoms with Gasteiger partial charge in [0.1, 0.15) is 0 Å². The first kappa shape index (κ1) is 19.7. The van der Waals surface area contributed by atoms with Crippen molar-refractivity contribution in [3.63, 3.8) is 0 Å². The van der Waals surface area contributed by atoms with E-state index in [0.717, 1.165) is 12.1 Å². The second-order valence-corrected chi connectivity index (χ2v) is 4.45. The first-order chi connectivity index (χ1) is 10.7. The SMILES string of the molecule is C=C/C=C\C(=C/C=C)N(CC(/C=C\C)=C/C=C\C)/N=C\CC. The predicted octanol–water partition coefficient (Wildman–Crippen LogP) is 5.57.